The second kappa shape index (κ2) is 7.65. The van der Waals surface area contributed by atoms with Crippen molar-refractivity contribution in [1.29, 1.82) is 0 Å². The highest BCUT2D eigenvalue weighted by atomic mass is 16.5. The molecular formula is C17H22N2O. The molecule has 2 rings (SSSR count). The normalized spacial score (nSPS) is 12.1. The Morgan fingerprint density at radius 2 is 2.00 bits per heavy atom. The maximum absolute atomic E-state index is 5.22. The van der Waals surface area contributed by atoms with Crippen LogP contribution in [0.15, 0.2) is 48.8 Å². The number of hydrogen-bond acceptors (Lipinski definition) is 3. The van der Waals surface area contributed by atoms with Gasteiger partial charge in [-0.05, 0) is 48.7 Å². The van der Waals surface area contributed by atoms with Crippen molar-refractivity contribution < 1.29 is 4.74 Å². The molecule has 0 fully saturated rings. The molecule has 0 aliphatic heterocycles. The fourth-order valence-corrected chi connectivity index (χ4v) is 2.22. The van der Waals surface area contributed by atoms with E-state index in [-0.39, 0.29) is 0 Å². The number of nitrogens with zero attached hydrogens (tertiary/aromatic N) is 1. The van der Waals surface area contributed by atoms with Crippen molar-refractivity contribution in [2.24, 2.45) is 0 Å². The largest absolute Gasteiger partial charge is 0.497 e. The lowest BCUT2D eigenvalue weighted by atomic mass is 9.99. The third kappa shape index (κ3) is 4.07. The molecule has 106 valence electrons. The molecule has 0 saturated heterocycles. The summed E-state index contributed by atoms with van der Waals surface area (Å²) < 4.78 is 5.22. The monoisotopic (exact) mass is 270 g/mol. The molecule has 0 aliphatic rings. The predicted octanol–water partition coefficient (Wildman–Crippen LogP) is 3.37. The van der Waals surface area contributed by atoms with Crippen molar-refractivity contribution in [3.8, 4) is 5.75 Å². The molecule has 2 aromatic rings. The summed E-state index contributed by atoms with van der Waals surface area (Å²) in [5.41, 5.74) is 2.53. The molecule has 1 heterocycles. The maximum atomic E-state index is 5.22. The molecule has 0 bridgehead atoms. The van der Waals surface area contributed by atoms with Gasteiger partial charge in [0.1, 0.15) is 5.75 Å². The van der Waals surface area contributed by atoms with Gasteiger partial charge >= 0.3 is 0 Å². The van der Waals surface area contributed by atoms with E-state index >= 15 is 0 Å². The minimum atomic E-state index is 0.310. The van der Waals surface area contributed by atoms with Crippen molar-refractivity contribution >= 4 is 0 Å². The second-order valence-electron chi connectivity index (χ2n) is 4.85. The van der Waals surface area contributed by atoms with Crippen LogP contribution < -0.4 is 10.1 Å². The van der Waals surface area contributed by atoms with Gasteiger partial charge in [0.2, 0.25) is 0 Å². The smallest absolute Gasteiger partial charge is 0.118 e. The SMILES string of the molecule is CCCNC(Cc1cccnc1)c1ccc(OC)cc1. The number of rotatable bonds is 7. The average Bonchev–Trinajstić information content (AvgIpc) is 2.52. The summed E-state index contributed by atoms with van der Waals surface area (Å²) in [7, 11) is 1.69. The number of hydrogen-bond donors (Lipinski definition) is 1. The lowest BCUT2D eigenvalue weighted by Gasteiger charge is -2.19. The molecule has 1 unspecified atom stereocenters. The van der Waals surface area contributed by atoms with E-state index < -0.39 is 0 Å². The van der Waals surface area contributed by atoms with E-state index in [0.29, 0.717) is 6.04 Å². The van der Waals surface area contributed by atoms with Crippen LogP contribution in [0.3, 0.4) is 0 Å². The van der Waals surface area contributed by atoms with E-state index in [2.05, 4.69) is 35.4 Å². The van der Waals surface area contributed by atoms with Crippen molar-refractivity contribution in [2.75, 3.05) is 13.7 Å². The Labute approximate surface area is 121 Å². The van der Waals surface area contributed by atoms with Gasteiger partial charge in [0.25, 0.3) is 0 Å². The van der Waals surface area contributed by atoms with Crippen LogP contribution >= 0.6 is 0 Å². The zero-order valence-corrected chi connectivity index (χ0v) is 12.2. The van der Waals surface area contributed by atoms with E-state index in [1.54, 1.807) is 7.11 Å². The van der Waals surface area contributed by atoms with Crippen LogP contribution in [-0.2, 0) is 6.42 Å². The van der Waals surface area contributed by atoms with Crippen molar-refractivity contribution in [3.05, 3.63) is 59.9 Å². The first kappa shape index (κ1) is 14.5. The molecular weight excluding hydrogens is 248 g/mol. The van der Waals surface area contributed by atoms with E-state index in [9.17, 15) is 0 Å². The Kier molecular flexibility index (Phi) is 5.56. The number of ether oxygens (including phenoxy) is 1. The van der Waals surface area contributed by atoms with Crippen LogP contribution in [0, 0.1) is 0 Å². The first-order chi connectivity index (χ1) is 9.83. The van der Waals surface area contributed by atoms with Gasteiger partial charge in [-0.1, -0.05) is 25.1 Å². The molecule has 20 heavy (non-hydrogen) atoms. The van der Waals surface area contributed by atoms with Crippen molar-refractivity contribution in [1.82, 2.24) is 10.3 Å². The fraction of sp³-hybridized carbons (Fsp3) is 0.353. The summed E-state index contributed by atoms with van der Waals surface area (Å²) in [5.74, 6) is 0.893. The third-order valence-corrected chi connectivity index (χ3v) is 3.32. The summed E-state index contributed by atoms with van der Waals surface area (Å²) in [6.07, 6.45) is 5.81. The Bertz CT molecular complexity index is 496. The Balaban J connectivity index is 2.13. The Morgan fingerprint density at radius 3 is 2.60 bits per heavy atom. The van der Waals surface area contributed by atoms with Gasteiger partial charge in [-0.25, -0.2) is 0 Å². The van der Waals surface area contributed by atoms with Crippen LogP contribution in [0.4, 0.5) is 0 Å². The fourth-order valence-electron chi connectivity index (χ4n) is 2.22. The molecule has 0 spiro atoms. The molecule has 0 saturated carbocycles. The van der Waals surface area contributed by atoms with Crippen LogP contribution in [-0.4, -0.2) is 18.6 Å². The number of aromatic nitrogens is 1. The first-order valence-electron chi connectivity index (χ1n) is 7.09. The number of nitrogens with one attached hydrogen (secondary N) is 1. The molecule has 1 atom stereocenters. The van der Waals surface area contributed by atoms with E-state index in [0.717, 1.165) is 25.1 Å². The Morgan fingerprint density at radius 1 is 1.20 bits per heavy atom. The highest BCUT2D eigenvalue weighted by molar-refractivity contribution is 5.30. The highest BCUT2D eigenvalue weighted by Crippen LogP contribution is 2.21. The van der Waals surface area contributed by atoms with E-state index in [4.69, 9.17) is 4.74 Å². The van der Waals surface area contributed by atoms with Gasteiger partial charge in [-0.2, -0.15) is 0 Å². The summed E-state index contributed by atoms with van der Waals surface area (Å²) in [5, 5.41) is 3.60. The van der Waals surface area contributed by atoms with Crippen LogP contribution in [0.2, 0.25) is 0 Å². The zero-order chi connectivity index (χ0) is 14.2. The number of benzene rings is 1. The van der Waals surface area contributed by atoms with Crippen LogP contribution in [0.1, 0.15) is 30.5 Å². The molecule has 3 nitrogen and oxygen atoms in total. The predicted molar refractivity (Wildman–Crippen MR) is 82.0 cm³/mol. The summed E-state index contributed by atoms with van der Waals surface area (Å²) >= 11 is 0. The second-order valence-corrected chi connectivity index (χ2v) is 4.85. The summed E-state index contributed by atoms with van der Waals surface area (Å²) in [4.78, 5) is 4.19. The minimum Gasteiger partial charge on any atom is -0.497 e. The maximum Gasteiger partial charge on any atom is 0.118 e. The molecule has 1 aromatic heterocycles. The zero-order valence-electron chi connectivity index (χ0n) is 12.2. The first-order valence-corrected chi connectivity index (χ1v) is 7.09. The summed E-state index contributed by atoms with van der Waals surface area (Å²) in [6.45, 7) is 3.19. The quantitative estimate of drug-likeness (QED) is 0.837. The molecule has 1 aromatic carbocycles. The molecule has 1 N–H and O–H groups in total. The molecule has 0 amide bonds. The van der Waals surface area contributed by atoms with Gasteiger partial charge in [0.05, 0.1) is 7.11 Å². The van der Waals surface area contributed by atoms with Crippen LogP contribution in [0.5, 0.6) is 5.75 Å². The van der Waals surface area contributed by atoms with Gasteiger partial charge in [-0.15, -0.1) is 0 Å². The van der Waals surface area contributed by atoms with Gasteiger partial charge in [-0.3, -0.25) is 4.98 Å². The lowest BCUT2D eigenvalue weighted by molar-refractivity contribution is 0.414. The molecule has 0 radical (unpaired) electrons. The minimum absolute atomic E-state index is 0.310. The highest BCUT2D eigenvalue weighted by Gasteiger charge is 2.11. The third-order valence-electron chi connectivity index (χ3n) is 3.32. The van der Waals surface area contributed by atoms with Gasteiger partial charge < -0.3 is 10.1 Å². The Hall–Kier alpha value is -1.87. The van der Waals surface area contributed by atoms with Gasteiger partial charge in [0.15, 0.2) is 0 Å². The average molecular weight is 270 g/mol. The topological polar surface area (TPSA) is 34.2 Å². The lowest BCUT2D eigenvalue weighted by Crippen LogP contribution is -2.24. The van der Waals surface area contributed by atoms with Crippen molar-refractivity contribution in [3.63, 3.8) is 0 Å². The summed E-state index contributed by atoms with van der Waals surface area (Å²) in [6, 6.07) is 12.7. The van der Waals surface area contributed by atoms with E-state index in [1.165, 1.54) is 11.1 Å². The molecule has 3 heteroatoms. The number of methoxy groups -OCH3 is 1. The van der Waals surface area contributed by atoms with Crippen molar-refractivity contribution in [2.45, 2.75) is 25.8 Å². The standard InChI is InChI=1S/C17H22N2O/c1-3-10-19-17(12-14-5-4-11-18-13-14)15-6-8-16(20-2)9-7-15/h4-9,11,13,17,19H,3,10,12H2,1-2H3. The number of pyridine rings is 1. The van der Waals surface area contributed by atoms with E-state index in [1.807, 2.05) is 30.6 Å². The van der Waals surface area contributed by atoms with Crippen LogP contribution in [0.25, 0.3) is 0 Å². The molecule has 0 aliphatic carbocycles. The van der Waals surface area contributed by atoms with Gasteiger partial charge in [0, 0.05) is 18.4 Å².